The molecule has 7 heteroatoms. The predicted octanol–water partition coefficient (Wildman–Crippen LogP) is 3.03. The molecule has 0 N–H and O–H groups in total. The molecule has 1 heterocycles. The summed E-state index contributed by atoms with van der Waals surface area (Å²) in [6.07, 6.45) is -3.51. The summed E-state index contributed by atoms with van der Waals surface area (Å²) in [5.74, 6) is -0.234. The normalized spacial score (nSPS) is 19.6. The summed E-state index contributed by atoms with van der Waals surface area (Å²) in [4.78, 5) is 13.9. The van der Waals surface area contributed by atoms with Crippen LogP contribution in [-0.2, 0) is 20.4 Å². The zero-order valence-electron chi connectivity index (χ0n) is 13.1. The molecule has 0 aromatic heterocycles. The summed E-state index contributed by atoms with van der Waals surface area (Å²) in [6.45, 7) is 0.638. The summed E-state index contributed by atoms with van der Waals surface area (Å²) >= 11 is 0. The van der Waals surface area contributed by atoms with E-state index in [9.17, 15) is 18.0 Å². The standard InChI is InChI=1S/C16H20F3NO3/c1-20(15(21)14-7-4-8-23-14)13(10-22-2)11-5-3-6-12(9-11)16(17,18)19/h3,5-6,9,13-14H,4,7-8,10H2,1-2H3/t13-,14+/m1/s1. The average molecular weight is 331 g/mol. The minimum absolute atomic E-state index is 0.107. The van der Waals surface area contributed by atoms with Gasteiger partial charge in [0.2, 0.25) is 0 Å². The molecule has 2 atom stereocenters. The minimum atomic E-state index is -4.43. The SMILES string of the molecule is COC[C@H](c1cccc(C(F)(F)F)c1)N(C)C(=O)[C@@H]1CCCO1. The van der Waals surface area contributed by atoms with E-state index < -0.39 is 23.9 Å². The Balaban J connectivity index is 2.25. The molecule has 0 radical (unpaired) electrons. The van der Waals surface area contributed by atoms with Crippen LogP contribution in [0, 0.1) is 0 Å². The number of hydrogen-bond donors (Lipinski definition) is 0. The van der Waals surface area contributed by atoms with Crippen molar-refractivity contribution >= 4 is 5.91 Å². The molecule has 23 heavy (non-hydrogen) atoms. The Morgan fingerprint density at radius 3 is 2.78 bits per heavy atom. The van der Waals surface area contributed by atoms with E-state index in [1.54, 1.807) is 13.1 Å². The number of amides is 1. The fourth-order valence-corrected chi connectivity index (χ4v) is 2.66. The maximum Gasteiger partial charge on any atom is 0.416 e. The van der Waals surface area contributed by atoms with Gasteiger partial charge in [0.05, 0.1) is 18.2 Å². The van der Waals surface area contributed by atoms with Crippen molar-refractivity contribution in [3.05, 3.63) is 35.4 Å². The molecule has 1 aliphatic rings. The molecule has 0 unspecified atom stereocenters. The topological polar surface area (TPSA) is 38.8 Å². The lowest BCUT2D eigenvalue weighted by molar-refractivity contribution is -0.143. The molecule has 1 saturated heterocycles. The van der Waals surface area contributed by atoms with Crippen molar-refractivity contribution in [2.24, 2.45) is 0 Å². The van der Waals surface area contributed by atoms with Crippen LogP contribution in [0.15, 0.2) is 24.3 Å². The lowest BCUT2D eigenvalue weighted by Crippen LogP contribution is -2.40. The van der Waals surface area contributed by atoms with Crippen molar-refractivity contribution in [2.75, 3.05) is 27.4 Å². The van der Waals surface area contributed by atoms with E-state index in [4.69, 9.17) is 9.47 Å². The molecule has 1 amide bonds. The third-order valence-corrected chi connectivity index (χ3v) is 3.94. The van der Waals surface area contributed by atoms with Gasteiger partial charge in [-0.05, 0) is 30.5 Å². The highest BCUT2D eigenvalue weighted by Gasteiger charge is 2.33. The summed E-state index contributed by atoms with van der Waals surface area (Å²) in [7, 11) is 3.01. The summed E-state index contributed by atoms with van der Waals surface area (Å²) < 4.78 is 49.1. The van der Waals surface area contributed by atoms with Crippen molar-refractivity contribution < 1.29 is 27.4 Å². The van der Waals surface area contributed by atoms with Gasteiger partial charge in [0.1, 0.15) is 6.10 Å². The first kappa shape index (κ1) is 17.7. The van der Waals surface area contributed by atoms with Crippen molar-refractivity contribution in [3.63, 3.8) is 0 Å². The molecule has 2 rings (SSSR count). The van der Waals surface area contributed by atoms with Crippen molar-refractivity contribution in [3.8, 4) is 0 Å². The second kappa shape index (κ2) is 7.31. The maximum absolute atomic E-state index is 12.9. The smallest absolute Gasteiger partial charge is 0.382 e. The summed E-state index contributed by atoms with van der Waals surface area (Å²) in [5.41, 5.74) is -0.357. The van der Waals surface area contributed by atoms with E-state index in [1.165, 1.54) is 18.1 Å². The van der Waals surface area contributed by atoms with Crippen LogP contribution in [0.2, 0.25) is 0 Å². The van der Waals surface area contributed by atoms with Gasteiger partial charge < -0.3 is 14.4 Å². The molecule has 128 valence electrons. The quantitative estimate of drug-likeness (QED) is 0.832. The predicted molar refractivity (Wildman–Crippen MR) is 77.8 cm³/mol. The number of carbonyl (C=O) groups excluding carboxylic acids is 1. The van der Waals surface area contributed by atoms with Gasteiger partial charge in [0, 0.05) is 20.8 Å². The fourth-order valence-electron chi connectivity index (χ4n) is 2.66. The Morgan fingerprint density at radius 1 is 1.48 bits per heavy atom. The van der Waals surface area contributed by atoms with Gasteiger partial charge in [-0.2, -0.15) is 13.2 Å². The van der Waals surface area contributed by atoms with Crippen LogP contribution >= 0.6 is 0 Å². The molecule has 1 aromatic carbocycles. The van der Waals surface area contributed by atoms with Crippen molar-refractivity contribution in [1.29, 1.82) is 0 Å². The monoisotopic (exact) mass is 331 g/mol. The minimum Gasteiger partial charge on any atom is -0.382 e. The van der Waals surface area contributed by atoms with E-state index in [0.29, 0.717) is 18.6 Å². The molecule has 0 bridgehead atoms. The molecule has 1 aliphatic heterocycles. The molecule has 4 nitrogen and oxygen atoms in total. The molecule has 0 aliphatic carbocycles. The number of carbonyl (C=O) groups is 1. The molecule has 0 saturated carbocycles. The number of methoxy groups -OCH3 is 1. The number of rotatable bonds is 5. The zero-order chi connectivity index (χ0) is 17.0. The summed E-state index contributed by atoms with van der Waals surface area (Å²) in [5, 5.41) is 0. The molecule has 0 spiro atoms. The van der Waals surface area contributed by atoms with E-state index in [0.717, 1.165) is 18.6 Å². The summed E-state index contributed by atoms with van der Waals surface area (Å²) in [6, 6.07) is 4.38. The number of halogens is 3. The van der Waals surface area contributed by atoms with Crippen LogP contribution in [0.3, 0.4) is 0 Å². The zero-order valence-corrected chi connectivity index (χ0v) is 13.1. The third kappa shape index (κ3) is 4.23. The first-order chi connectivity index (χ1) is 10.8. The molecule has 1 fully saturated rings. The van der Waals surface area contributed by atoms with Crippen LogP contribution in [0.25, 0.3) is 0 Å². The average Bonchev–Trinajstić information content (AvgIpc) is 3.05. The van der Waals surface area contributed by atoms with Crippen LogP contribution in [0.4, 0.5) is 13.2 Å². The number of likely N-dealkylation sites (N-methyl/N-ethyl adjacent to an activating group) is 1. The van der Waals surface area contributed by atoms with Crippen LogP contribution < -0.4 is 0 Å². The van der Waals surface area contributed by atoms with Gasteiger partial charge in [0.25, 0.3) is 5.91 Å². The molecular formula is C16H20F3NO3. The Morgan fingerprint density at radius 2 is 2.22 bits per heavy atom. The van der Waals surface area contributed by atoms with E-state index >= 15 is 0 Å². The highest BCUT2D eigenvalue weighted by atomic mass is 19.4. The van der Waals surface area contributed by atoms with Gasteiger partial charge in [-0.1, -0.05) is 12.1 Å². The molecule has 1 aromatic rings. The Labute approximate surface area is 133 Å². The lowest BCUT2D eigenvalue weighted by Gasteiger charge is -2.30. The van der Waals surface area contributed by atoms with Gasteiger partial charge in [0.15, 0.2) is 0 Å². The van der Waals surface area contributed by atoms with Crippen molar-refractivity contribution in [2.45, 2.75) is 31.2 Å². The van der Waals surface area contributed by atoms with Crippen molar-refractivity contribution in [1.82, 2.24) is 4.90 Å². The van der Waals surface area contributed by atoms with Gasteiger partial charge >= 0.3 is 6.18 Å². The van der Waals surface area contributed by atoms with Gasteiger partial charge in [-0.25, -0.2) is 0 Å². The Kier molecular flexibility index (Phi) is 5.64. The Bertz CT molecular complexity index is 542. The number of benzene rings is 1. The van der Waals surface area contributed by atoms with Gasteiger partial charge in [-0.3, -0.25) is 4.79 Å². The largest absolute Gasteiger partial charge is 0.416 e. The molecular weight excluding hydrogens is 311 g/mol. The second-order valence-electron chi connectivity index (χ2n) is 5.55. The number of hydrogen-bond acceptors (Lipinski definition) is 3. The first-order valence-corrected chi connectivity index (χ1v) is 7.39. The van der Waals surface area contributed by atoms with E-state index in [-0.39, 0.29) is 12.5 Å². The van der Waals surface area contributed by atoms with Crippen LogP contribution in [0.1, 0.15) is 30.0 Å². The highest BCUT2D eigenvalue weighted by molar-refractivity contribution is 5.81. The number of nitrogens with zero attached hydrogens (tertiary/aromatic N) is 1. The maximum atomic E-state index is 12.9. The van der Waals surface area contributed by atoms with E-state index in [1.807, 2.05) is 0 Å². The fraction of sp³-hybridized carbons (Fsp3) is 0.562. The number of ether oxygens (including phenoxy) is 2. The Hall–Kier alpha value is -1.60. The van der Waals surface area contributed by atoms with E-state index in [2.05, 4.69) is 0 Å². The second-order valence-corrected chi connectivity index (χ2v) is 5.55. The van der Waals surface area contributed by atoms with Gasteiger partial charge in [-0.15, -0.1) is 0 Å². The number of alkyl halides is 3. The van der Waals surface area contributed by atoms with Crippen LogP contribution in [0.5, 0.6) is 0 Å². The lowest BCUT2D eigenvalue weighted by atomic mass is 10.0. The first-order valence-electron chi connectivity index (χ1n) is 7.39. The highest BCUT2D eigenvalue weighted by Crippen LogP contribution is 2.32. The van der Waals surface area contributed by atoms with Crippen LogP contribution in [-0.4, -0.2) is 44.3 Å². The third-order valence-electron chi connectivity index (χ3n) is 3.94.